The molecule has 1 aromatic rings. The normalized spacial score (nSPS) is 13.9. The molecule has 1 aromatic carbocycles. The van der Waals surface area contributed by atoms with Gasteiger partial charge in [-0.15, -0.1) is 0 Å². The van der Waals surface area contributed by atoms with Gasteiger partial charge in [0.05, 0.1) is 5.54 Å². The lowest BCUT2D eigenvalue weighted by molar-refractivity contribution is -0.726. The fourth-order valence-corrected chi connectivity index (χ4v) is 1.39. The van der Waals surface area contributed by atoms with Crippen LogP contribution in [0.3, 0.4) is 0 Å². The number of nitrogens with two attached hydrogens (primary N) is 1. The van der Waals surface area contributed by atoms with Crippen LogP contribution in [0.5, 0.6) is 0 Å². The van der Waals surface area contributed by atoms with E-state index >= 15 is 0 Å². The highest BCUT2D eigenvalue weighted by Crippen LogP contribution is 2.10. The predicted octanol–water partition coefficient (Wildman–Crippen LogP) is 1.47. The Morgan fingerprint density at radius 2 is 1.87 bits per heavy atom. The molecule has 0 saturated carbocycles. The van der Waals surface area contributed by atoms with Gasteiger partial charge in [0.1, 0.15) is 12.6 Å². The molecule has 0 aromatic heterocycles. The topological polar surface area (TPSA) is 36.8 Å². The maximum Gasteiger partial charge on any atom is 0.128 e. The first kappa shape index (κ1) is 12.2. The zero-order chi connectivity index (χ0) is 11.3. The fourth-order valence-electron chi connectivity index (χ4n) is 1.39. The average molecular weight is 208 g/mol. The van der Waals surface area contributed by atoms with E-state index in [0.717, 1.165) is 18.5 Å². The fraction of sp³-hybridized carbons (Fsp3) is 0.538. The van der Waals surface area contributed by atoms with E-state index in [9.17, 15) is 5.11 Å². The Hall–Kier alpha value is -0.860. The zero-order valence-corrected chi connectivity index (χ0v) is 9.90. The number of hydrogen-bond donors (Lipinski definition) is 2. The van der Waals surface area contributed by atoms with E-state index in [1.54, 1.807) is 0 Å². The summed E-state index contributed by atoms with van der Waals surface area (Å²) >= 11 is 0. The van der Waals surface area contributed by atoms with Gasteiger partial charge in [0.25, 0.3) is 0 Å². The Morgan fingerprint density at radius 3 is 2.40 bits per heavy atom. The van der Waals surface area contributed by atoms with Gasteiger partial charge in [-0.2, -0.15) is 0 Å². The molecule has 0 fully saturated rings. The van der Waals surface area contributed by atoms with E-state index in [0.29, 0.717) is 0 Å². The first-order valence-electron chi connectivity index (χ1n) is 5.62. The van der Waals surface area contributed by atoms with Crippen LogP contribution in [0.4, 0.5) is 0 Å². The second kappa shape index (κ2) is 5.29. The Bertz CT molecular complexity index is 282. The summed E-state index contributed by atoms with van der Waals surface area (Å²) < 4.78 is 0. The predicted molar refractivity (Wildman–Crippen MR) is 62.6 cm³/mol. The molecule has 0 aliphatic heterocycles. The van der Waals surface area contributed by atoms with E-state index in [1.165, 1.54) is 0 Å². The number of aliphatic hydroxyl groups is 1. The van der Waals surface area contributed by atoms with Gasteiger partial charge in [0, 0.05) is 0 Å². The summed E-state index contributed by atoms with van der Waals surface area (Å²) in [7, 11) is 0. The van der Waals surface area contributed by atoms with Crippen molar-refractivity contribution in [3.8, 4) is 0 Å². The van der Waals surface area contributed by atoms with Crippen molar-refractivity contribution in [1.82, 2.24) is 0 Å². The minimum Gasteiger partial charge on any atom is -0.382 e. The maximum absolute atomic E-state index is 9.95. The highest BCUT2D eigenvalue weighted by molar-refractivity contribution is 5.16. The van der Waals surface area contributed by atoms with Gasteiger partial charge >= 0.3 is 0 Å². The summed E-state index contributed by atoms with van der Waals surface area (Å²) in [6, 6.07) is 9.83. The summed E-state index contributed by atoms with van der Waals surface area (Å²) in [5.41, 5.74) is 1.22. The molecule has 0 radical (unpaired) electrons. The van der Waals surface area contributed by atoms with Gasteiger partial charge in [-0.1, -0.05) is 37.3 Å². The molecule has 15 heavy (non-hydrogen) atoms. The zero-order valence-electron chi connectivity index (χ0n) is 9.90. The molecule has 3 N–H and O–H groups in total. The molecule has 0 spiro atoms. The molecule has 0 unspecified atom stereocenters. The molecule has 0 heterocycles. The minimum atomic E-state index is -0.364. The molecule has 0 aliphatic carbocycles. The quantitative estimate of drug-likeness (QED) is 0.755. The second-order valence-electron chi connectivity index (χ2n) is 4.71. The Kier molecular flexibility index (Phi) is 4.30. The van der Waals surface area contributed by atoms with E-state index in [2.05, 4.69) is 26.1 Å². The molecule has 1 rings (SSSR count). The standard InChI is InChI=1S/C13H21NO/c1-4-13(2,3)14-10-12(15)11-8-6-5-7-9-11/h5-9,12,14-15H,4,10H2,1-3H3/p+1/t12-/m1/s1. The molecule has 0 bridgehead atoms. The van der Waals surface area contributed by atoms with Gasteiger partial charge in [-0.05, 0) is 25.8 Å². The molecule has 0 amide bonds. The van der Waals surface area contributed by atoms with E-state index in [1.807, 2.05) is 30.3 Å². The SMILES string of the molecule is CCC(C)(C)[NH2+]C[C@@H](O)c1ccccc1. The molecule has 2 heteroatoms. The van der Waals surface area contributed by atoms with Crippen molar-refractivity contribution in [3.63, 3.8) is 0 Å². The summed E-state index contributed by atoms with van der Waals surface area (Å²) in [4.78, 5) is 0. The third-order valence-corrected chi connectivity index (χ3v) is 2.99. The van der Waals surface area contributed by atoms with Crippen LogP contribution < -0.4 is 5.32 Å². The first-order chi connectivity index (χ1) is 7.05. The van der Waals surface area contributed by atoms with Crippen LogP contribution in [-0.4, -0.2) is 17.2 Å². The average Bonchev–Trinajstić information content (AvgIpc) is 2.27. The molecule has 1 atom stereocenters. The van der Waals surface area contributed by atoms with Crippen molar-refractivity contribution in [2.45, 2.75) is 38.8 Å². The lowest BCUT2D eigenvalue weighted by atomic mass is 10.0. The van der Waals surface area contributed by atoms with Gasteiger partial charge in [-0.25, -0.2) is 0 Å². The van der Waals surface area contributed by atoms with Gasteiger partial charge < -0.3 is 10.4 Å². The second-order valence-corrected chi connectivity index (χ2v) is 4.71. The minimum absolute atomic E-state index is 0.218. The first-order valence-corrected chi connectivity index (χ1v) is 5.62. The van der Waals surface area contributed by atoms with Crippen LogP contribution in [0.1, 0.15) is 38.9 Å². The molecule has 2 nitrogen and oxygen atoms in total. The van der Waals surface area contributed by atoms with Crippen molar-refractivity contribution in [2.24, 2.45) is 0 Å². The van der Waals surface area contributed by atoms with Crippen LogP contribution in [0.2, 0.25) is 0 Å². The number of aliphatic hydroxyl groups excluding tert-OH is 1. The molecular formula is C13H22NO+. The lowest BCUT2D eigenvalue weighted by Crippen LogP contribution is -2.95. The highest BCUT2D eigenvalue weighted by atomic mass is 16.3. The largest absolute Gasteiger partial charge is 0.382 e. The Morgan fingerprint density at radius 1 is 1.27 bits per heavy atom. The summed E-state index contributed by atoms with van der Waals surface area (Å²) in [5, 5.41) is 12.2. The van der Waals surface area contributed by atoms with Crippen molar-refractivity contribution < 1.29 is 10.4 Å². The molecule has 0 saturated heterocycles. The van der Waals surface area contributed by atoms with Crippen LogP contribution in [0, 0.1) is 0 Å². The van der Waals surface area contributed by atoms with Crippen LogP contribution >= 0.6 is 0 Å². The van der Waals surface area contributed by atoms with Gasteiger partial charge in [0.15, 0.2) is 0 Å². The maximum atomic E-state index is 9.95. The van der Waals surface area contributed by atoms with Crippen molar-refractivity contribution in [3.05, 3.63) is 35.9 Å². The number of benzene rings is 1. The van der Waals surface area contributed by atoms with Crippen molar-refractivity contribution in [1.29, 1.82) is 0 Å². The number of rotatable bonds is 5. The third kappa shape index (κ3) is 4.02. The molecular weight excluding hydrogens is 186 g/mol. The van der Waals surface area contributed by atoms with E-state index < -0.39 is 0 Å². The molecule has 0 aliphatic rings. The van der Waals surface area contributed by atoms with Crippen molar-refractivity contribution in [2.75, 3.05) is 6.54 Å². The summed E-state index contributed by atoms with van der Waals surface area (Å²) in [6.45, 7) is 7.30. The number of hydrogen-bond acceptors (Lipinski definition) is 1. The van der Waals surface area contributed by atoms with Gasteiger partial charge in [-0.3, -0.25) is 0 Å². The Labute approximate surface area is 92.3 Å². The highest BCUT2D eigenvalue weighted by Gasteiger charge is 2.20. The van der Waals surface area contributed by atoms with Crippen LogP contribution in [0.25, 0.3) is 0 Å². The number of quaternary nitrogens is 1. The van der Waals surface area contributed by atoms with Crippen LogP contribution in [0.15, 0.2) is 30.3 Å². The third-order valence-electron chi connectivity index (χ3n) is 2.99. The Balaban J connectivity index is 2.47. The van der Waals surface area contributed by atoms with Crippen molar-refractivity contribution >= 4 is 0 Å². The lowest BCUT2D eigenvalue weighted by Gasteiger charge is -2.22. The van der Waals surface area contributed by atoms with E-state index in [4.69, 9.17) is 0 Å². The smallest absolute Gasteiger partial charge is 0.128 e. The summed E-state index contributed by atoms with van der Waals surface area (Å²) in [5.74, 6) is 0. The molecule has 84 valence electrons. The van der Waals surface area contributed by atoms with Gasteiger partial charge in [0.2, 0.25) is 0 Å². The van der Waals surface area contributed by atoms with Crippen LogP contribution in [-0.2, 0) is 0 Å². The van der Waals surface area contributed by atoms with E-state index in [-0.39, 0.29) is 11.6 Å². The summed E-state index contributed by atoms with van der Waals surface area (Å²) in [6.07, 6.45) is 0.742. The monoisotopic (exact) mass is 208 g/mol.